The molecule has 105 valence electrons. The third kappa shape index (κ3) is 3.94. The van der Waals surface area contributed by atoms with Gasteiger partial charge in [0.1, 0.15) is 11.8 Å². The number of hydrogen-bond acceptors (Lipinski definition) is 3. The van der Waals surface area contributed by atoms with Crippen LogP contribution in [0.15, 0.2) is 29.1 Å². The van der Waals surface area contributed by atoms with Crippen LogP contribution in [-0.4, -0.2) is 11.2 Å². The molecule has 4 nitrogen and oxygen atoms in total. The maximum atomic E-state index is 11.9. The first-order valence-corrected chi connectivity index (χ1v) is 6.30. The van der Waals surface area contributed by atoms with Crippen LogP contribution in [0.25, 0.3) is 11.3 Å². The zero-order valence-corrected chi connectivity index (χ0v) is 15.3. The van der Waals surface area contributed by atoms with Crippen LogP contribution in [0, 0.1) is 24.3 Å². The molecule has 2 aromatic rings. The fourth-order valence-corrected chi connectivity index (χ4v) is 2.11. The molecular weight excluding hydrogens is 365 g/mol. The molecule has 0 bridgehead atoms. The second-order valence-electron chi connectivity index (χ2n) is 4.27. The predicted molar refractivity (Wildman–Crippen MR) is 76.8 cm³/mol. The molecule has 0 spiro atoms. The zero-order chi connectivity index (χ0) is 14.7. The molecular formula is C15H12ClN2O2Y-. The van der Waals surface area contributed by atoms with Gasteiger partial charge in [0.05, 0.1) is 0 Å². The molecule has 21 heavy (non-hydrogen) atoms. The monoisotopic (exact) mass is 376 g/mol. The summed E-state index contributed by atoms with van der Waals surface area (Å²) in [6.07, 6.45) is 0. The molecule has 0 atom stereocenters. The van der Waals surface area contributed by atoms with Crippen molar-refractivity contribution in [2.24, 2.45) is 7.05 Å². The molecule has 0 aliphatic carbocycles. The minimum Gasteiger partial charge on any atom is -0.479 e. The Hall–Kier alpha value is -1.15. The largest absolute Gasteiger partial charge is 0.479 e. The number of nitriles is 1. The van der Waals surface area contributed by atoms with Gasteiger partial charge in [0.25, 0.3) is 0 Å². The van der Waals surface area contributed by atoms with Gasteiger partial charge in [-0.3, -0.25) is 4.79 Å². The average molecular weight is 377 g/mol. The van der Waals surface area contributed by atoms with Crippen LogP contribution in [0.1, 0.15) is 5.56 Å². The Labute approximate surface area is 153 Å². The van der Waals surface area contributed by atoms with Gasteiger partial charge in [-0.15, -0.1) is 6.07 Å². The minimum absolute atomic E-state index is 0. The number of hydrogen-bond donors (Lipinski definition) is 0. The van der Waals surface area contributed by atoms with Crippen molar-refractivity contribution in [2.45, 2.75) is 6.92 Å². The van der Waals surface area contributed by atoms with Crippen molar-refractivity contribution in [1.82, 2.24) is 4.57 Å². The SMILES string of the molecule is Cc1c[c-]c(-c2ccc(OCC#N)cc2Cl)n(C)c1=O.[Y]. The standard InChI is InChI=1S/C15H12ClN2O2.Y/c1-10-3-6-14(18(2)15(10)19)12-5-4-11(9-13(12)16)20-8-7-17;/h3-5,9H,8H2,1-2H3;/q-1;. The van der Waals surface area contributed by atoms with E-state index in [4.69, 9.17) is 21.6 Å². The Morgan fingerprint density at radius 1 is 1.48 bits per heavy atom. The molecule has 0 saturated heterocycles. The number of ether oxygens (including phenoxy) is 1. The molecule has 1 heterocycles. The molecule has 0 aliphatic rings. The summed E-state index contributed by atoms with van der Waals surface area (Å²) in [7, 11) is 1.68. The van der Waals surface area contributed by atoms with Gasteiger partial charge >= 0.3 is 0 Å². The summed E-state index contributed by atoms with van der Waals surface area (Å²) in [5.74, 6) is 0.511. The molecule has 2 rings (SSSR count). The first kappa shape index (κ1) is 17.9. The van der Waals surface area contributed by atoms with Crippen LogP contribution >= 0.6 is 11.6 Å². The molecule has 0 amide bonds. The maximum absolute atomic E-state index is 11.9. The summed E-state index contributed by atoms with van der Waals surface area (Å²) in [5, 5.41) is 8.91. The minimum atomic E-state index is -0.0837. The van der Waals surface area contributed by atoms with Gasteiger partial charge in [-0.1, -0.05) is 35.3 Å². The van der Waals surface area contributed by atoms with E-state index in [1.165, 1.54) is 4.57 Å². The molecule has 6 heteroatoms. The molecule has 0 saturated carbocycles. The van der Waals surface area contributed by atoms with E-state index in [-0.39, 0.29) is 44.9 Å². The van der Waals surface area contributed by atoms with Gasteiger partial charge in [0, 0.05) is 39.8 Å². The van der Waals surface area contributed by atoms with Crippen molar-refractivity contribution in [2.75, 3.05) is 6.61 Å². The third-order valence-corrected chi connectivity index (χ3v) is 3.21. The average Bonchev–Trinajstić information content (AvgIpc) is 2.44. The van der Waals surface area contributed by atoms with E-state index >= 15 is 0 Å². The molecule has 0 fully saturated rings. The summed E-state index contributed by atoms with van der Waals surface area (Å²) >= 11 is 6.21. The van der Waals surface area contributed by atoms with E-state index in [0.717, 1.165) is 0 Å². The zero-order valence-electron chi connectivity index (χ0n) is 11.7. The number of rotatable bonds is 3. The second-order valence-corrected chi connectivity index (χ2v) is 4.68. The van der Waals surface area contributed by atoms with Crippen LogP contribution in [0.2, 0.25) is 5.02 Å². The fourth-order valence-electron chi connectivity index (χ4n) is 1.85. The maximum Gasteiger partial charge on any atom is 0.197 e. The number of benzene rings is 1. The van der Waals surface area contributed by atoms with Crippen molar-refractivity contribution < 1.29 is 37.4 Å². The first-order chi connectivity index (χ1) is 9.54. The van der Waals surface area contributed by atoms with Crippen LogP contribution in [0.4, 0.5) is 0 Å². The van der Waals surface area contributed by atoms with Crippen molar-refractivity contribution in [3.63, 3.8) is 0 Å². The number of pyridine rings is 1. The van der Waals surface area contributed by atoms with E-state index in [0.29, 0.717) is 27.6 Å². The van der Waals surface area contributed by atoms with Crippen LogP contribution < -0.4 is 10.3 Å². The summed E-state index contributed by atoms with van der Waals surface area (Å²) in [5.41, 5.74) is 1.84. The Bertz CT molecular complexity index is 750. The van der Waals surface area contributed by atoms with Crippen LogP contribution in [0.3, 0.4) is 0 Å². The number of aromatic nitrogens is 1. The molecule has 0 unspecified atom stereocenters. The van der Waals surface area contributed by atoms with Crippen LogP contribution in [-0.2, 0) is 39.8 Å². The summed E-state index contributed by atoms with van der Waals surface area (Å²) in [6, 6.07) is 11.7. The number of aryl methyl sites for hydroxylation is 1. The van der Waals surface area contributed by atoms with Gasteiger partial charge in [0.2, 0.25) is 0 Å². The molecule has 1 radical (unpaired) electrons. The fraction of sp³-hybridized carbons (Fsp3) is 0.200. The van der Waals surface area contributed by atoms with E-state index in [9.17, 15) is 4.79 Å². The molecule has 0 aliphatic heterocycles. The van der Waals surface area contributed by atoms with Gasteiger partial charge in [0.15, 0.2) is 12.2 Å². The van der Waals surface area contributed by atoms with Crippen molar-refractivity contribution in [1.29, 1.82) is 5.26 Å². The summed E-state index contributed by atoms with van der Waals surface area (Å²) in [4.78, 5) is 11.9. The van der Waals surface area contributed by atoms with E-state index in [1.54, 1.807) is 38.2 Å². The van der Waals surface area contributed by atoms with E-state index < -0.39 is 0 Å². The second kappa shape index (κ2) is 7.75. The smallest absolute Gasteiger partial charge is 0.197 e. The Balaban J connectivity index is 0.00000220. The van der Waals surface area contributed by atoms with E-state index in [2.05, 4.69) is 6.07 Å². The summed E-state index contributed by atoms with van der Waals surface area (Å²) < 4.78 is 6.68. The number of halogens is 1. The van der Waals surface area contributed by atoms with Crippen molar-refractivity contribution in [3.05, 3.63) is 51.3 Å². The van der Waals surface area contributed by atoms with E-state index in [1.807, 2.05) is 6.07 Å². The quantitative estimate of drug-likeness (QED) is 0.774. The Morgan fingerprint density at radius 2 is 2.19 bits per heavy atom. The van der Waals surface area contributed by atoms with Gasteiger partial charge in [-0.2, -0.15) is 17.4 Å². The van der Waals surface area contributed by atoms with Crippen LogP contribution in [0.5, 0.6) is 5.75 Å². The molecule has 0 N–H and O–H groups in total. The Kier molecular flexibility index (Phi) is 6.60. The normalized spacial score (nSPS) is 9.62. The van der Waals surface area contributed by atoms with Gasteiger partial charge in [-0.05, 0) is 17.2 Å². The van der Waals surface area contributed by atoms with Crippen molar-refractivity contribution >= 4 is 11.6 Å². The Morgan fingerprint density at radius 3 is 2.81 bits per heavy atom. The molecule has 1 aromatic carbocycles. The predicted octanol–water partition coefficient (Wildman–Crippen LogP) is 2.71. The third-order valence-electron chi connectivity index (χ3n) is 2.90. The topological polar surface area (TPSA) is 55.0 Å². The van der Waals surface area contributed by atoms with Gasteiger partial charge in [-0.25, -0.2) is 0 Å². The van der Waals surface area contributed by atoms with Gasteiger partial charge < -0.3 is 9.30 Å². The number of nitrogens with zero attached hydrogens (tertiary/aromatic N) is 2. The van der Waals surface area contributed by atoms with Crippen molar-refractivity contribution in [3.8, 4) is 23.1 Å². The summed E-state index contributed by atoms with van der Waals surface area (Å²) in [6.45, 7) is 1.70. The first-order valence-electron chi connectivity index (χ1n) is 5.92. The molecule has 1 aromatic heterocycles.